The lowest BCUT2D eigenvalue weighted by Gasteiger charge is -2.12. The van der Waals surface area contributed by atoms with Crippen molar-refractivity contribution in [1.29, 1.82) is 0 Å². The third kappa shape index (κ3) is 8.57. The summed E-state index contributed by atoms with van der Waals surface area (Å²) in [6.45, 7) is 4.22. The predicted molar refractivity (Wildman–Crippen MR) is 169 cm³/mol. The highest BCUT2D eigenvalue weighted by molar-refractivity contribution is 8.00. The number of Topliss-reactive ketones (excluding diaryl/α,β-unsaturated/α-hetero) is 1. The molecule has 5 nitrogen and oxygen atoms in total. The number of halogens is 2. The van der Waals surface area contributed by atoms with Crippen LogP contribution in [-0.4, -0.2) is 23.4 Å². The van der Waals surface area contributed by atoms with Crippen molar-refractivity contribution in [3.63, 3.8) is 0 Å². The topological polar surface area (TPSA) is 75.3 Å². The first-order valence-electron chi connectivity index (χ1n) is 12.9. The van der Waals surface area contributed by atoms with Crippen LogP contribution in [0.2, 0.25) is 10.0 Å². The number of carbonyl (C=O) groups is 3. The predicted octanol–water partition coefficient (Wildman–Crippen LogP) is 8.50. The first-order chi connectivity index (χ1) is 19.7. The minimum Gasteiger partial charge on any atom is -0.321 e. The molecule has 208 valence electrons. The number of ketones is 1. The van der Waals surface area contributed by atoms with Gasteiger partial charge in [-0.25, -0.2) is 0 Å². The molecular formula is C33H28Cl2N2O3S. The maximum absolute atomic E-state index is 13.4. The van der Waals surface area contributed by atoms with Crippen molar-refractivity contribution in [2.75, 3.05) is 11.1 Å². The van der Waals surface area contributed by atoms with Crippen molar-refractivity contribution in [3.05, 3.63) is 135 Å². The third-order valence-corrected chi connectivity index (χ3v) is 7.88. The summed E-state index contributed by atoms with van der Waals surface area (Å²) in [4.78, 5) is 39.8. The fraction of sp³-hybridized carbons (Fsp3) is 0.121. The molecule has 4 rings (SSSR count). The second-order valence-corrected chi connectivity index (χ2v) is 11.4. The first-order valence-corrected chi connectivity index (χ1v) is 14.6. The molecule has 2 N–H and O–H groups in total. The van der Waals surface area contributed by atoms with Crippen molar-refractivity contribution < 1.29 is 14.4 Å². The van der Waals surface area contributed by atoms with Crippen LogP contribution >= 0.6 is 35.0 Å². The molecule has 4 aromatic rings. The average Bonchev–Trinajstić information content (AvgIpc) is 2.97. The van der Waals surface area contributed by atoms with Crippen molar-refractivity contribution in [1.82, 2.24) is 5.32 Å². The molecule has 0 aliphatic carbocycles. The molecule has 0 aromatic heterocycles. The number of thioether (sulfide) groups is 1. The molecule has 0 saturated carbocycles. The summed E-state index contributed by atoms with van der Waals surface area (Å²) in [7, 11) is 0. The average molecular weight is 604 g/mol. The molecule has 2 amide bonds. The maximum atomic E-state index is 13.4. The smallest absolute Gasteiger partial charge is 0.272 e. The van der Waals surface area contributed by atoms with Crippen LogP contribution in [0, 0.1) is 0 Å². The Morgan fingerprint density at radius 2 is 1.54 bits per heavy atom. The van der Waals surface area contributed by atoms with Gasteiger partial charge in [-0.2, -0.15) is 0 Å². The lowest BCUT2D eigenvalue weighted by Crippen LogP contribution is -2.30. The number of nitrogens with one attached hydrogen (secondary N) is 2. The molecule has 0 radical (unpaired) electrons. The zero-order valence-corrected chi connectivity index (χ0v) is 24.8. The molecule has 0 atom stereocenters. The van der Waals surface area contributed by atoms with Gasteiger partial charge in [0.25, 0.3) is 11.8 Å². The Balaban J connectivity index is 1.50. The van der Waals surface area contributed by atoms with Gasteiger partial charge in [-0.3, -0.25) is 14.4 Å². The molecule has 4 aromatic carbocycles. The lowest BCUT2D eigenvalue weighted by molar-refractivity contribution is -0.113. The Hall–Kier alpha value is -3.84. The largest absolute Gasteiger partial charge is 0.321 e. The minimum atomic E-state index is -0.476. The Bertz CT molecular complexity index is 1590. The van der Waals surface area contributed by atoms with Gasteiger partial charge in [-0.05, 0) is 71.7 Å². The van der Waals surface area contributed by atoms with Gasteiger partial charge in [0.15, 0.2) is 5.78 Å². The van der Waals surface area contributed by atoms with Gasteiger partial charge in [0.2, 0.25) is 0 Å². The summed E-state index contributed by atoms with van der Waals surface area (Å²) >= 11 is 13.3. The van der Waals surface area contributed by atoms with Gasteiger partial charge in [0.05, 0.1) is 15.8 Å². The minimum absolute atomic E-state index is 0.0969. The summed E-state index contributed by atoms with van der Waals surface area (Å²) < 4.78 is 0. The van der Waals surface area contributed by atoms with E-state index in [4.69, 9.17) is 23.2 Å². The lowest BCUT2D eigenvalue weighted by atomic mass is 10.0. The molecular weight excluding hydrogens is 575 g/mol. The van der Waals surface area contributed by atoms with E-state index in [-0.39, 0.29) is 17.2 Å². The number of carbonyl (C=O) groups excluding carboxylic acids is 3. The molecule has 0 spiro atoms. The van der Waals surface area contributed by atoms with Gasteiger partial charge >= 0.3 is 0 Å². The Morgan fingerprint density at radius 3 is 2.22 bits per heavy atom. The number of hydrogen-bond donors (Lipinski definition) is 2. The summed E-state index contributed by atoms with van der Waals surface area (Å²) in [5.74, 6) is -0.412. The molecule has 0 unspecified atom stereocenters. The highest BCUT2D eigenvalue weighted by atomic mass is 35.5. The first kappa shape index (κ1) is 30.1. The van der Waals surface area contributed by atoms with Crippen molar-refractivity contribution in [3.8, 4) is 0 Å². The van der Waals surface area contributed by atoms with Crippen LogP contribution in [0.15, 0.2) is 108 Å². The zero-order valence-electron chi connectivity index (χ0n) is 22.5. The SMILES string of the molecule is CC(C)c1ccc(/C=C(\NC(=O)c2ccccc2)C(=O)Nc2cccc(SCC(=O)c3ccc(Cl)c(Cl)c3)c2)cc1. The quantitative estimate of drug-likeness (QED) is 0.108. The Labute approximate surface area is 254 Å². The van der Waals surface area contributed by atoms with Crippen LogP contribution in [-0.2, 0) is 4.79 Å². The van der Waals surface area contributed by atoms with Gasteiger partial charge < -0.3 is 10.6 Å². The van der Waals surface area contributed by atoms with Crippen molar-refractivity contribution in [2.45, 2.75) is 24.7 Å². The summed E-state index contributed by atoms with van der Waals surface area (Å²) in [6.07, 6.45) is 1.65. The molecule has 0 heterocycles. The molecule has 0 fully saturated rings. The number of hydrogen-bond acceptors (Lipinski definition) is 4. The third-order valence-electron chi connectivity index (χ3n) is 6.15. The van der Waals surface area contributed by atoms with Crippen LogP contribution in [0.3, 0.4) is 0 Å². The second-order valence-electron chi connectivity index (χ2n) is 9.52. The van der Waals surface area contributed by atoms with Crippen LogP contribution in [0.1, 0.15) is 51.6 Å². The van der Waals surface area contributed by atoms with Crippen LogP contribution in [0.4, 0.5) is 5.69 Å². The normalized spacial score (nSPS) is 11.3. The number of anilines is 1. The molecule has 0 bridgehead atoms. The Kier molecular flexibility index (Phi) is 10.4. The molecule has 41 heavy (non-hydrogen) atoms. The monoisotopic (exact) mass is 602 g/mol. The van der Waals surface area contributed by atoms with Gasteiger partial charge in [-0.15, -0.1) is 11.8 Å². The van der Waals surface area contributed by atoms with E-state index >= 15 is 0 Å². The summed E-state index contributed by atoms with van der Waals surface area (Å²) in [5, 5.41) is 6.34. The van der Waals surface area contributed by atoms with Crippen LogP contribution in [0.25, 0.3) is 6.08 Å². The van der Waals surface area contributed by atoms with E-state index in [2.05, 4.69) is 24.5 Å². The summed E-state index contributed by atoms with van der Waals surface area (Å²) in [5.41, 5.74) is 3.49. The van der Waals surface area contributed by atoms with E-state index in [0.29, 0.717) is 32.8 Å². The van der Waals surface area contributed by atoms with Gasteiger partial charge in [-0.1, -0.05) is 85.6 Å². The number of rotatable bonds is 10. The fourth-order valence-electron chi connectivity index (χ4n) is 3.85. The van der Waals surface area contributed by atoms with Gasteiger partial charge in [0.1, 0.15) is 5.70 Å². The summed E-state index contributed by atoms with van der Waals surface area (Å²) in [6, 6.07) is 28.5. The van der Waals surface area contributed by atoms with E-state index in [1.54, 1.807) is 66.7 Å². The fourth-order valence-corrected chi connectivity index (χ4v) is 5.00. The van der Waals surface area contributed by atoms with Crippen LogP contribution in [0.5, 0.6) is 0 Å². The highest BCUT2D eigenvalue weighted by Crippen LogP contribution is 2.26. The standard InChI is InChI=1S/C33H28Cl2N2O3S/c1-21(2)23-13-11-22(12-14-23)17-30(37-32(39)24-7-4-3-5-8-24)33(40)36-26-9-6-10-27(19-26)41-20-31(38)25-15-16-28(34)29(35)18-25/h3-19,21H,20H2,1-2H3,(H,36,40)(H,37,39)/b30-17-. The Morgan fingerprint density at radius 1 is 0.805 bits per heavy atom. The van der Waals surface area contributed by atoms with Crippen LogP contribution < -0.4 is 10.6 Å². The molecule has 0 aliphatic rings. The molecule has 0 aliphatic heterocycles. The van der Waals surface area contributed by atoms with Crippen molar-refractivity contribution in [2.24, 2.45) is 0 Å². The molecule has 0 saturated heterocycles. The molecule has 8 heteroatoms. The second kappa shape index (κ2) is 14.2. The van der Waals surface area contributed by atoms with E-state index in [0.717, 1.165) is 10.5 Å². The van der Waals surface area contributed by atoms with E-state index < -0.39 is 11.8 Å². The van der Waals surface area contributed by atoms with E-state index in [1.807, 2.05) is 36.4 Å². The highest BCUT2D eigenvalue weighted by Gasteiger charge is 2.16. The number of benzene rings is 4. The van der Waals surface area contributed by atoms with Gasteiger partial charge in [0, 0.05) is 21.7 Å². The maximum Gasteiger partial charge on any atom is 0.272 e. The van der Waals surface area contributed by atoms with E-state index in [1.165, 1.54) is 17.3 Å². The van der Waals surface area contributed by atoms with E-state index in [9.17, 15) is 14.4 Å². The zero-order chi connectivity index (χ0) is 29.4. The van der Waals surface area contributed by atoms with Crippen molar-refractivity contribution >= 4 is 64.3 Å². The number of amides is 2.